The Labute approximate surface area is 137 Å². The van der Waals surface area contributed by atoms with E-state index in [1.807, 2.05) is 19.1 Å². The minimum absolute atomic E-state index is 0.232. The van der Waals surface area contributed by atoms with Gasteiger partial charge in [0.1, 0.15) is 6.54 Å². The van der Waals surface area contributed by atoms with Crippen molar-refractivity contribution < 1.29 is 14.3 Å². The molecule has 1 aromatic carbocycles. The van der Waals surface area contributed by atoms with Crippen molar-refractivity contribution >= 4 is 22.8 Å². The summed E-state index contributed by atoms with van der Waals surface area (Å²) in [6.07, 6.45) is 1.62. The average molecular weight is 327 g/mol. The quantitative estimate of drug-likeness (QED) is 0.550. The molecule has 7 heteroatoms. The van der Waals surface area contributed by atoms with E-state index in [1.165, 1.54) is 4.57 Å². The molecule has 7 nitrogen and oxygen atoms in total. The first kappa shape index (κ1) is 15.8. The molecular weight excluding hydrogens is 310 g/mol. The Balaban J connectivity index is 1.75. The molecule has 0 aliphatic carbocycles. The van der Waals surface area contributed by atoms with E-state index < -0.39 is 5.97 Å². The molecule has 2 aromatic heterocycles. The lowest BCUT2D eigenvalue weighted by atomic mass is 10.3. The van der Waals surface area contributed by atoms with E-state index in [4.69, 9.17) is 4.74 Å². The SMILES string of the molecule is CCn1c(=O)n(CC(=O)OCC(=O)c2ccc[nH]2)c2ccccc21. The highest BCUT2D eigenvalue weighted by molar-refractivity contribution is 5.96. The van der Waals surface area contributed by atoms with Crippen molar-refractivity contribution in [2.45, 2.75) is 20.0 Å². The minimum Gasteiger partial charge on any atom is -0.456 e. The molecule has 1 N–H and O–H groups in total. The number of aromatic nitrogens is 3. The largest absolute Gasteiger partial charge is 0.456 e. The number of imidazole rings is 1. The maximum Gasteiger partial charge on any atom is 0.329 e. The molecule has 0 saturated carbocycles. The third-order valence-electron chi connectivity index (χ3n) is 3.79. The molecule has 3 rings (SSSR count). The van der Waals surface area contributed by atoms with Gasteiger partial charge in [-0.3, -0.25) is 18.7 Å². The number of nitrogens with zero attached hydrogens (tertiary/aromatic N) is 2. The molecule has 0 aliphatic heterocycles. The van der Waals surface area contributed by atoms with Crippen LogP contribution in [0.4, 0.5) is 0 Å². The van der Waals surface area contributed by atoms with Crippen molar-refractivity contribution in [3.05, 3.63) is 58.8 Å². The van der Waals surface area contributed by atoms with Gasteiger partial charge in [-0.25, -0.2) is 4.79 Å². The van der Waals surface area contributed by atoms with Crippen molar-refractivity contribution in [1.29, 1.82) is 0 Å². The maximum atomic E-state index is 12.4. The van der Waals surface area contributed by atoms with E-state index in [2.05, 4.69) is 4.98 Å². The van der Waals surface area contributed by atoms with E-state index in [1.54, 1.807) is 35.0 Å². The number of esters is 1. The topological polar surface area (TPSA) is 86.1 Å². The van der Waals surface area contributed by atoms with E-state index in [0.717, 1.165) is 5.52 Å². The van der Waals surface area contributed by atoms with Crippen LogP contribution in [-0.2, 0) is 22.6 Å². The number of ether oxygens (including phenoxy) is 1. The zero-order valence-electron chi connectivity index (χ0n) is 13.2. The molecule has 0 atom stereocenters. The Morgan fingerprint density at radius 1 is 1.08 bits per heavy atom. The number of ketones is 1. The third-order valence-corrected chi connectivity index (χ3v) is 3.79. The summed E-state index contributed by atoms with van der Waals surface area (Å²) in [5.41, 5.74) is 1.53. The fraction of sp³-hybridized carbons (Fsp3) is 0.235. The van der Waals surface area contributed by atoms with E-state index in [9.17, 15) is 14.4 Å². The molecule has 2 heterocycles. The third kappa shape index (κ3) is 2.88. The van der Waals surface area contributed by atoms with Crippen LogP contribution in [0.3, 0.4) is 0 Å². The van der Waals surface area contributed by atoms with Crippen LogP contribution in [0.25, 0.3) is 11.0 Å². The average Bonchev–Trinajstić information content (AvgIpc) is 3.21. The Hall–Kier alpha value is -3.09. The second-order valence-electron chi connectivity index (χ2n) is 5.27. The van der Waals surface area contributed by atoms with Gasteiger partial charge in [-0.15, -0.1) is 0 Å². The fourth-order valence-corrected chi connectivity index (χ4v) is 2.63. The highest BCUT2D eigenvalue weighted by Gasteiger charge is 2.16. The lowest BCUT2D eigenvalue weighted by Crippen LogP contribution is -2.28. The fourth-order valence-electron chi connectivity index (χ4n) is 2.63. The first-order chi connectivity index (χ1) is 11.6. The first-order valence-corrected chi connectivity index (χ1v) is 7.62. The van der Waals surface area contributed by atoms with Gasteiger partial charge in [0.2, 0.25) is 5.78 Å². The second-order valence-corrected chi connectivity index (χ2v) is 5.27. The van der Waals surface area contributed by atoms with E-state index in [0.29, 0.717) is 17.8 Å². The number of Topliss-reactive ketones (excluding diaryl/α,β-unsaturated/α-hetero) is 1. The lowest BCUT2D eigenvalue weighted by molar-refractivity contribution is -0.143. The number of hydrogen-bond donors (Lipinski definition) is 1. The molecule has 0 amide bonds. The molecule has 0 aliphatic rings. The Bertz CT molecular complexity index is 935. The predicted octanol–water partition coefficient (Wildman–Crippen LogP) is 1.58. The summed E-state index contributed by atoms with van der Waals surface area (Å²) in [5.74, 6) is -0.951. The summed E-state index contributed by atoms with van der Waals surface area (Å²) in [5, 5.41) is 0. The molecule has 0 bridgehead atoms. The normalized spacial score (nSPS) is 10.9. The van der Waals surface area contributed by atoms with E-state index >= 15 is 0 Å². The number of benzene rings is 1. The van der Waals surface area contributed by atoms with Gasteiger partial charge in [0.15, 0.2) is 6.61 Å². The van der Waals surface area contributed by atoms with E-state index in [-0.39, 0.29) is 24.6 Å². The van der Waals surface area contributed by atoms with Crippen molar-refractivity contribution in [3.8, 4) is 0 Å². The summed E-state index contributed by atoms with van der Waals surface area (Å²) in [4.78, 5) is 39.0. The Morgan fingerprint density at radius 3 is 2.42 bits per heavy atom. The van der Waals surface area contributed by atoms with Gasteiger partial charge in [-0.1, -0.05) is 12.1 Å². The summed E-state index contributed by atoms with van der Waals surface area (Å²) < 4.78 is 7.95. The number of H-pyrrole nitrogens is 1. The van der Waals surface area contributed by atoms with Crippen LogP contribution in [0.1, 0.15) is 17.4 Å². The molecule has 0 unspecified atom stereocenters. The van der Waals surface area contributed by atoms with Crippen LogP contribution in [0, 0.1) is 0 Å². The number of hydrogen-bond acceptors (Lipinski definition) is 4. The minimum atomic E-state index is -0.629. The van der Waals surface area contributed by atoms with Gasteiger partial charge < -0.3 is 9.72 Å². The molecule has 124 valence electrons. The standard InChI is InChI=1S/C17H17N3O4/c1-2-19-13-7-3-4-8-14(13)20(17(19)23)10-16(22)24-11-15(21)12-6-5-9-18-12/h3-9,18H,2,10-11H2,1H3. The summed E-state index contributed by atoms with van der Waals surface area (Å²) >= 11 is 0. The summed E-state index contributed by atoms with van der Waals surface area (Å²) in [6.45, 7) is 1.78. The van der Waals surface area contributed by atoms with Crippen molar-refractivity contribution in [3.63, 3.8) is 0 Å². The van der Waals surface area contributed by atoms with Gasteiger partial charge >= 0.3 is 11.7 Å². The molecule has 3 aromatic rings. The van der Waals surface area contributed by atoms with Crippen molar-refractivity contribution in [2.24, 2.45) is 0 Å². The predicted molar refractivity (Wildman–Crippen MR) is 88.0 cm³/mol. The monoisotopic (exact) mass is 327 g/mol. The number of nitrogens with one attached hydrogen (secondary N) is 1. The highest BCUT2D eigenvalue weighted by atomic mass is 16.5. The molecular formula is C17H17N3O4. The number of para-hydroxylation sites is 2. The first-order valence-electron chi connectivity index (χ1n) is 7.62. The van der Waals surface area contributed by atoms with Gasteiger partial charge in [0.05, 0.1) is 16.7 Å². The van der Waals surface area contributed by atoms with Crippen LogP contribution in [0.5, 0.6) is 0 Å². The number of fused-ring (bicyclic) bond motifs is 1. The number of rotatable bonds is 6. The lowest BCUT2D eigenvalue weighted by Gasteiger charge is -2.04. The van der Waals surface area contributed by atoms with Gasteiger partial charge in [-0.2, -0.15) is 0 Å². The number of carbonyl (C=O) groups excluding carboxylic acids is 2. The van der Waals surface area contributed by atoms with Crippen molar-refractivity contribution in [1.82, 2.24) is 14.1 Å². The van der Waals surface area contributed by atoms with Crippen LogP contribution in [0.15, 0.2) is 47.4 Å². The van der Waals surface area contributed by atoms with Crippen LogP contribution in [0.2, 0.25) is 0 Å². The number of aryl methyl sites for hydroxylation is 1. The zero-order chi connectivity index (χ0) is 17.1. The molecule has 0 spiro atoms. The molecule has 0 radical (unpaired) electrons. The van der Waals surface area contributed by atoms with Crippen LogP contribution in [-0.4, -0.2) is 32.5 Å². The maximum absolute atomic E-state index is 12.4. The van der Waals surface area contributed by atoms with Crippen LogP contribution < -0.4 is 5.69 Å². The second kappa shape index (κ2) is 6.57. The summed E-state index contributed by atoms with van der Waals surface area (Å²) in [6, 6.07) is 10.5. The van der Waals surface area contributed by atoms with Crippen molar-refractivity contribution in [2.75, 3.05) is 6.61 Å². The molecule has 0 saturated heterocycles. The van der Waals surface area contributed by atoms with Gasteiger partial charge in [0, 0.05) is 12.7 Å². The Morgan fingerprint density at radius 2 is 1.79 bits per heavy atom. The number of carbonyl (C=O) groups is 2. The highest BCUT2D eigenvalue weighted by Crippen LogP contribution is 2.12. The number of aromatic amines is 1. The van der Waals surface area contributed by atoms with Gasteiger partial charge in [0.25, 0.3) is 0 Å². The smallest absolute Gasteiger partial charge is 0.329 e. The van der Waals surface area contributed by atoms with Crippen LogP contribution >= 0.6 is 0 Å². The Kier molecular flexibility index (Phi) is 4.33. The van der Waals surface area contributed by atoms with Gasteiger partial charge in [-0.05, 0) is 31.2 Å². The molecule has 0 fully saturated rings. The summed E-state index contributed by atoms with van der Waals surface area (Å²) in [7, 11) is 0. The molecule has 24 heavy (non-hydrogen) atoms. The zero-order valence-corrected chi connectivity index (χ0v) is 13.2.